The van der Waals surface area contributed by atoms with E-state index >= 15 is 0 Å². The van der Waals surface area contributed by atoms with Gasteiger partial charge in [0.1, 0.15) is 21.6 Å². The van der Waals surface area contributed by atoms with Crippen LogP contribution in [0, 0.1) is 12.7 Å². The predicted octanol–water partition coefficient (Wildman–Crippen LogP) is 4.31. The Morgan fingerprint density at radius 1 is 1.07 bits per heavy atom. The molecule has 12 heteroatoms. The third-order valence-corrected chi connectivity index (χ3v) is 8.63. The maximum Gasteiger partial charge on any atom is 0.303 e. The normalized spacial score (nSPS) is 16.8. The zero-order chi connectivity index (χ0) is 29.1. The van der Waals surface area contributed by atoms with Crippen LogP contribution < -0.4 is 15.4 Å². The van der Waals surface area contributed by atoms with Crippen LogP contribution in [0.1, 0.15) is 36.8 Å². The Hall–Kier alpha value is -3.77. The summed E-state index contributed by atoms with van der Waals surface area (Å²) in [6.07, 6.45) is 5.22. The Bertz CT molecular complexity index is 1580. The number of aromatic nitrogens is 2. The highest BCUT2D eigenvalue weighted by atomic mass is 32.2. The third kappa shape index (κ3) is 6.28. The summed E-state index contributed by atoms with van der Waals surface area (Å²) in [7, 11) is 0. The molecule has 0 atom stereocenters. The van der Waals surface area contributed by atoms with Crippen molar-refractivity contribution in [2.24, 2.45) is 0 Å². The monoisotopic (exact) mass is 595 g/mol. The highest BCUT2D eigenvalue weighted by Crippen LogP contribution is 2.34. The number of aliphatic carboxylic acids is 1. The number of carbonyl (C=O) groups is 2. The molecule has 4 heterocycles. The Labute approximate surface area is 246 Å². The number of halogens is 1. The molecule has 0 radical (unpaired) electrons. The second-order valence-electron chi connectivity index (χ2n) is 10.0. The van der Waals surface area contributed by atoms with Crippen LogP contribution in [0.2, 0.25) is 0 Å². The van der Waals surface area contributed by atoms with Crippen molar-refractivity contribution in [3.8, 4) is 0 Å². The van der Waals surface area contributed by atoms with Crippen molar-refractivity contribution in [1.82, 2.24) is 14.3 Å². The number of benzene rings is 1. The summed E-state index contributed by atoms with van der Waals surface area (Å²) >= 11 is 6.64. The number of hydrogen-bond acceptors (Lipinski definition) is 8. The first-order chi connectivity index (χ1) is 19.7. The molecule has 1 N–H and O–H groups in total. The lowest BCUT2D eigenvalue weighted by Crippen LogP contribution is -2.47. The number of hydrogen-bond donors (Lipinski definition) is 1. The lowest BCUT2D eigenvalue weighted by molar-refractivity contribution is -0.137. The highest BCUT2D eigenvalue weighted by molar-refractivity contribution is 8.26. The number of fused-ring (bicyclic) bond motifs is 1. The van der Waals surface area contributed by atoms with Gasteiger partial charge in [0.2, 0.25) is 0 Å². The van der Waals surface area contributed by atoms with E-state index in [1.165, 1.54) is 21.4 Å². The molecular formula is C29H30FN5O4S2. The van der Waals surface area contributed by atoms with E-state index in [4.69, 9.17) is 22.3 Å². The van der Waals surface area contributed by atoms with Crippen molar-refractivity contribution in [3.63, 3.8) is 0 Å². The van der Waals surface area contributed by atoms with Crippen LogP contribution in [-0.2, 0) is 9.59 Å². The maximum absolute atomic E-state index is 13.8. The van der Waals surface area contributed by atoms with Gasteiger partial charge in [-0.3, -0.25) is 23.7 Å². The second-order valence-corrected chi connectivity index (χ2v) is 11.7. The fourth-order valence-corrected chi connectivity index (χ4v) is 6.33. The van der Waals surface area contributed by atoms with Gasteiger partial charge in [-0.1, -0.05) is 36.5 Å². The number of carbonyl (C=O) groups excluding carboxylic acids is 1. The first-order valence-corrected chi connectivity index (χ1v) is 14.7. The van der Waals surface area contributed by atoms with Crippen LogP contribution in [0.15, 0.2) is 52.3 Å². The molecule has 2 aliphatic heterocycles. The molecule has 2 aromatic heterocycles. The standard InChI is InChI=1S/C29H30FN5O4S2/c1-19-6-5-13-34-25(19)31-26(33-16-14-32(15-17-33)21-10-8-20(30)9-11-21)22(27(34)38)18-23-28(39)35(29(40)41-23)12-4-2-3-7-24(36)37/h5-6,8-11,13,18H,2-4,7,12,14-17H2,1H3,(H,36,37)/b23-18-. The van der Waals surface area contributed by atoms with Gasteiger partial charge in [0.05, 0.1) is 10.5 Å². The van der Waals surface area contributed by atoms with Gasteiger partial charge < -0.3 is 14.9 Å². The molecule has 9 nitrogen and oxygen atoms in total. The summed E-state index contributed by atoms with van der Waals surface area (Å²) in [5.74, 6) is -0.866. The van der Waals surface area contributed by atoms with Gasteiger partial charge in [-0.2, -0.15) is 0 Å². The number of carboxylic acids is 1. The molecule has 2 saturated heterocycles. The van der Waals surface area contributed by atoms with Gasteiger partial charge in [0.15, 0.2) is 0 Å². The van der Waals surface area contributed by atoms with E-state index in [2.05, 4.69) is 9.80 Å². The minimum absolute atomic E-state index is 0.0949. The van der Waals surface area contributed by atoms with Gasteiger partial charge in [-0.05, 0) is 61.7 Å². The van der Waals surface area contributed by atoms with E-state index in [1.54, 1.807) is 30.5 Å². The summed E-state index contributed by atoms with van der Waals surface area (Å²) in [5, 5.41) is 8.83. The molecule has 1 amide bonds. The Balaban J connectivity index is 1.42. The van der Waals surface area contributed by atoms with Crippen molar-refractivity contribution in [1.29, 1.82) is 0 Å². The SMILES string of the molecule is Cc1cccn2c(=O)c(/C=C3\SC(=S)N(CCCCCC(=O)O)C3=O)c(N3CCN(c4ccc(F)cc4)CC3)nc12. The number of thiocarbonyl (C=S) groups is 1. The average Bonchev–Trinajstić information content (AvgIpc) is 3.22. The largest absolute Gasteiger partial charge is 0.481 e. The van der Waals surface area contributed by atoms with Crippen molar-refractivity contribution >= 4 is 63.4 Å². The van der Waals surface area contributed by atoms with Crippen molar-refractivity contribution in [2.45, 2.75) is 32.6 Å². The van der Waals surface area contributed by atoms with Crippen molar-refractivity contribution in [3.05, 3.63) is 74.8 Å². The average molecular weight is 596 g/mol. The van der Waals surface area contributed by atoms with Gasteiger partial charge in [0, 0.05) is 51.0 Å². The number of nitrogens with zero attached hydrogens (tertiary/aromatic N) is 5. The number of unbranched alkanes of at least 4 members (excludes halogenated alkanes) is 2. The fourth-order valence-electron chi connectivity index (χ4n) is 5.04. The van der Waals surface area contributed by atoms with Crippen LogP contribution in [0.4, 0.5) is 15.9 Å². The molecule has 214 valence electrons. The number of piperazine rings is 1. The molecule has 1 aromatic carbocycles. The summed E-state index contributed by atoms with van der Waals surface area (Å²) in [6, 6.07) is 10.1. The van der Waals surface area contributed by atoms with Gasteiger partial charge in [0.25, 0.3) is 11.5 Å². The van der Waals surface area contributed by atoms with E-state index in [0.717, 1.165) is 23.0 Å². The molecule has 0 aliphatic carbocycles. The van der Waals surface area contributed by atoms with E-state index < -0.39 is 5.97 Å². The van der Waals surface area contributed by atoms with Crippen molar-refractivity contribution < 1.29 is 19.1 Å². The van der Waals surface area contributed by atoms with Crippen LogP contribution in [0.5, 0.6) is 0 Å². The molecule has 2 fully saturated rings. The molecule has 0 unspecified atom stereocenters. The van der Waals surface area contributed by atoms with E-state index in [-0.39, 0.29) is 23.7 Å². The minimum atomic E-state index is -0.836. The first-order valence-electron chi connectivity index (χ1n) is 13.5. The summed E-state index contributed by atoms with van der Waals surface area (Å²) in [6.45, 7) is 4.79. The number of carboxylic acid groups (broad SMARTS) is 1. The minimum Gasteiger partial charge on any atom is -0.481 e. The van der Waals surface area contributed by atoms with Crippen LogP contribution >= 0.6 is 24.0 Å². The molecular weight excluding hydrogens is 565 g/mol. The van der Waals surface area contributed by atoms with Crippen LogP contribution in [-0.4, -0.2) is 68.3 Å². The number of aryl methyl sites for hydroxylation is 1. The van der Waals surface area contributed by atoms with Gasteiger partial charge in [-0.15, -0.1) is 0 Å². The molecule has 0 saturated carbocycles. The predicted molar refractivity (Wildman–Crippen MR) is 163 cm³/mol. The number of anilines is 2. The molecule has 2 aliphatic rings. The van der Waals surface area contributed by atoms with E-state index in [0.29, 0.717) is 78.2 Å². The van der Waals surface area contributed by atoms with E-state index in [1.807, 2.05) is 13.0 Å². The van der Waals surface area contributed by atoms with Crippen molar-refractivity contribution in [2.75, 3.05) is 42.5 Å². The van der Waals surface area contributed by atoms with Gasteiger partial charge >= 0.3 is 5.97 Å². The second kappa shape index (κ2) is 12.4. The Morgan fingerprint density at radius 2 is 1.78 bits per heavy atom. The fraction of sp³-hybridized carbons (Fsp3) is 0.345. The quantitative estimate of drug-likeness (QED) is 0.220. The molecule has 0 spiro atoms. The lowest BCUT2D eigenvalue weighted by Gasteiger charge is -2.37. The zero-order valence-corrected chi connectivity index (χ0v) is 24.2. The summed E-state index contributed by atoms with van der Waals surface area (Å²) in [5.41, 5.74) is 2.40. The molecule has 41 heavy (non-hydrogen) atoms. The van der Waals surface area contributed by atoms with Crippen LogP contribution in [0.25, 0.3) is 11.7 Å². The maximum atomic E-state index is 13.8. The Kier molecular flexibility index (Phi) is 8.69. The first kappa shape index (κ1) is 28.7. The molecule has 5 rings (SSSR count). The summed E-state index contributed by atoms with van der Waals surface area (Å²) in [4.78, 5) is 48.9. The highest BCUT2D eigenvalue weighted by Gasteiger charge is 2.33. The third-order valence-electron chi connectivity index (χ3n) is 7.26. The topological polar surface area (TPSA) is 98.5 Å². The number of rotatable bonds is 9. The number of amides is 1. The smallest absolute Gasteiger partial charge is 0.303 e. The molecule has 3 aromatic rings. The number of thioether (sulfide) groups is 1. The van der Waals surface area contributed by atoms with Crippen LogP contribution in [0.3, 0.4) is 0 Å². The zero-order valence-electron chi connectivity index (χ0n) is 22.6. The van der Waals surface area contributed by atoms with E-state index in [9.17, 15) is 18.8 Å². The Morgan fingerprint density at radius 3 is 2.49 bits per heavy atom. The molecule has 0 bridgehead atoms. The number of pyridine rings is 1. The lowest BCUT2D eigenvalue weighted by atomic mass is 10.1. The summed E-state index contributed by atoms with van der Waals surface area (Å²) < 4.78 is 15.3. The van der Waals surface area contributed by atoms with Gasteiger partial charge in [-0.25, -0.2) is 9.37 Å².